The predicted octanol–water partition coefficient (Wildman–Crippen LogP) is 4.37. The summed E-state index contributed by atoms with van der Waals surface area (Å²) in [6, 6.07) is 7.36. The highest BCUT2D eigenvalue weighted by Crippen LogP contribution is 2.39. The molecule has 1 aromatic carbocycles. The van der Waals surface area contributed by atoms with Gasteiger partial charge in [0.15, 0.2) is 0 Å². The minimum Gasteiger partial charge on any atom is -0.493 e. The second-order valence-corrected chi connectivity index (χ2v) is 7.27. The number of hydrogen-bond donors (Lipinski definition) is 2. The Balaban J connectivity index is 1.74. The summed E-state index contributed by atoms with van der Waals surface area (Å²) in [7, 11) is 0. The Morgan fingerprint density at radius 3 is 2.75 bits per heavy atom. The van der Waals surface area contributed by atoms with Crippen LogP contribution in [0.3, 0.4) is 0 Å². The Bertz CT molecular complexity index is 825. The number of ether oxygens (including phenoxy) is 2. The second kappa shape index (κ2) is 8.26. The molecule has 2 unspecified atom stereocenters. The molecule has 1 aromatic heterocycles. The number of nitrogens with zero attached hydrogens (tertiary/aromatic N) is 1. The van der Waals surface area contributed by atoms with Gasteiger partial charge in [-0.05, 0) is 43.0 Å². The number of nitrogens with one attached hydrogen (secondary N) is 1. The maximum Gasteiger partial charge on any atom is 0.405 e. The van der Waals surface area contributed by atoms with E-state index in [0.717, 1.165) is 23.3 Å². The first-order valence-corrected chi connectivity index (χ1v) is 9.16. The van der Waals surface area contributed by atoms with Crippen molar-refractivity contribution in [2.45, 2.75) is 39.1 Å². The van der Waals surface area contributed by atoms with Crippen molar-refractivity contribution in [1.29, 1.82) is 0 Å². The molecule has 2 heterocycles. The predicted molar refractivity (Wildman–Crippen MR) is 101 cm³/mol. The molecule has 3 N–H and O–H groups in total. The van der Waals surface area contributed by atoms with Crippen molar-refractivity contribution in [2.75, 3.05) is 18.5 Å². The van der Waals surface area contributed by atoms with Gasteiger partial charge in [-0.3, -0.25) is 0 Å². The average molecular weight is 395 g/mol. The minimum atomic E-state index is -4.31. The number of rotatable bonds is 7. The molecular weight excluding hydrogens is 371 g/mol. The normalized spacial score (nSPS) is 15.1. The van der Waals surface area contributed by atoms with Gasteiger partial charge in [0.05, 0.1) is 12.8 Å². The lowest BCUT2D eigenvalue weighted by molar-refractivity contribution is -0.115. The molecule has 0 saturated heterocycles. The first kappa shape index (κ1) is 20.3. The van der Waals surface area contributed by atoms with E-state index in [1.807, 2.05) is 25.1 Å². The van der Waals surface area contributed by atoms with Gasteiger partial charge in [-0.15, -0.1) is 0 Å². The van der Waals surface area contributed by atoms with E-state index >= 15 is 0 Å². The molecule has 152 valence electrons. The number of benzene rings is 1. The van der Waals surface area contributed by atoms with E-state index in [1.54, 1.807) is 6.07 Å². The van der Waals surface area contributed by atoms with Gasteiger partial charge >= 0.3 is 6.18 Å². The fraction of sp³-hybridized carbons (Fsp3) is 0.450. The summed E-state index contributed by atoms with van der Waals surface area (Å²) in [6.45, 7) is 3.83. The van der Waals surface area contributed by atoms with E-state index in [2.05, 4.69) is 17.2 Å². The van der Waals surface area contributed by atoms with Crippen molar-refractivity contribution in [2.24, 2.45) is 11.7 Å². The monoisotopic (exact) mass is 395 g/mol. The largest absolute Gasteiger partial charge is 0.493 e. The molecule has 28 heavy (non-hydrogen) atoms. The zero-order valence-corrected chi connectivity index (χ0v) is 15.8. The van der Waals surface area contributed by atoms with Crippen LogP contribution in [0.2, 0.25) is 0 Å². The smallest absolute Gasteiger partial charge is 0.405 e. The molecule has 1 aliphatic heterocycles. The third-order valence-electron chi connectivity index (χ3n) is 4.40. The van der Waals surface area contributed by atoms with E-state index in [0.29, 0.717) is 30.4 Å². The summed E-state index contributed by atoms with van der Waals surface area (Å²) in [6.07, 6.45) is -1.99. The van der Waals surface area contributed by atoms with E-state index in [4.69, 9.17) is 15.2 Å². The molecular formula is C20H24F3N3O2. The van der Waals surface area contributed by atoms with Crippen LogP contribution in [0.4, 0.5) is 19.0 Å². The standard InChI is InChI=1S/C20H24F3N3O2/c1-12(5-13(2)24)9-27-15-3-4-16-14(6-15)10-28-18-8-25-19(7-17(16)18)26-11-20(21,22)23/h3-4,6-8,12-13H,5,9-11,24H2,1-2H3,(H,25,26). The number of alkyl halides is 3. The molecule has 8 heteroatoms. The SMILES string of the molecule is CC(N)CC(C)COc1ccc2c(c1)COc1cnc(NCC(F)(F)F)cc1-2. The Hall–Kier alpha value is -2.48. The van der Waals surface area contributed by atoms with Crippen LogP contribution >= 0.6 is 0 Å². The average Bonchev–Trinajstić information content (AvgIpc) is 2.63. The molecule has 0 aliphatic carbocycles. The maximum absolute atomic E-state index is 12.4. The van der Waals surface area contributed by atoms with Crippen molar-refractivity contribution >= 4 is 5.82 Å². The minimum absolute atomic E-state index is 0.126. The van der Waals surface area contributed by atoms with Crippen molar-refractivity contribution in [1.82, 2.24) is 4.98 Å². The summed E-state index contributed by atoms with van der Waals surface area (Å²) in [5.41, 5.74) is 8.33. The maximum atomic E-state index is 12.4. The lowest BCUT2D eigenvalue weighted by atomic mass is 9.97. The van der Waals surface area contributed by atoms with Crippen LogP contribution in [0.1, 0.15) is 25.8 Å². The summed E-state index contributed by atoms with van der Waals surface area (Å²) < 4.78 is 48.8. The zero-order chi connectivity index (χ0) is 20.3. The highest BCUT2D eigenvalue weighted by atomic mass is 19.4. The molecule has 3 rings (SSSR count). The number of aromatic nitrogens is 1. The highest BCUT2D eigenvalue weighted by molar-refractivity contribution is 5.77. The van der Waals surface area contributed by atoms with E-state index in [1.165, 1.54) is 6.20 Å². The molecule has 0 spiro atoms. The van der Waals surface area contributed by atoms with E-state index in [-0.39, 0.29) is 11.9 Å². The first-order chi connectivity index (χ1) is 13.2. The third-order valence-corrected chi connectivity index (χ3v) is 4.40. The molecule has 0 amide bonds. The summed E-state index contributed by atoms with van der Waals surface area (Å²) in [5, 5.41) is 2.30. The molecule has 5 nitrogen and oxygen atoms in total. The van der Waals surface area contributed by atoms with Crippen LogP contribution in [-0.2, 0) is 6.61 Å². The Labute approximate surface area is 162 Å². The fourth-order valence-corrected chi connectivity index (χ4v) is 3.19. The van der Waals surface area contributed by atoms with Crippen LogP contribution < -0.4 is 20.5 Å². The Morgan fingerprint density at radius 2 is 2.04 bits per heavy atom. The molecule has 1 aliphatic rings. The number of pyridine rings is 1. The lowest BCUT2D eigenvalue weighted by Gasteiger charge is -2.22. The third kappa shape index (κ3) is 5.28. The lowest BCUT2D eigenvalue weighted by Crippen LogP contribution is -2.22. The van der Waals surface area contributed by atoms with Crippen LogP contribution in [0, 0.1) is 5.92 Å². The van der Waals surface area contributed by atoms with Gasteiger partial charge < -0.3 is 20.5 Å². The van der Waals surface area contributed by atoms with Gasteiger partial charge in [0.25, 0.3) is 0 Å². The van der Waals surface area contributed by atoms with Crippen LogP contribution in [0.15, 0.2) is 30.5 Å². The quantitative estimate of drug-likeness (QED) is 0.729. The zero-order valence-electron chi connectivity index (χ0n) is 15.8. The van der Waals surface area contributed by atoms with Crippen LogP contribution in [0.25, 0.3) is 11.1 Å². The molecule has 2 atom stereocenters. The summed E-state index contributed by atoms with van der Waals surface area (Å²) in [4.78, 5) is 3.99. The van der Waals surface area contributed by atoms with Gasteiger partial charge in [0.2, 0.25) is 0 Å². The van der Waals surface area contributed by atoms with Crippen molar-refractivity contribution in [3.8, 4) is 22.6 Å². The van der Waals surface area contributed by atoms with E-state index in [9.17, 15) is 13.2 Å². The number of anilines is 1. The van der Waals surface area contributed by atoms with Crippen molar-refractivity contribution < 1.29 is 22.6 Å². The van der Waals surface area contributed by atoms with Gasteiger partial charge in [0, 0.05) is 17.2 Å². The highest BCUT2D eigenvalue weighted by Gasteiger charge is 2.27. The van der Waals surface area contributed by atoms with Crippen molar-refractivity contribution in [3.05, 3.63) is 36.0 Å². The topological polar surface area (TPSA) is 69.4 Å². The number of hydrogen-bond acceptors (Lipinski definition) is 5. The molecule has 0 fully saturated rings. The van der Waals surface area contributed by atoms with E-state index < -0.39 is 12.7 Å². The van der Waals surface area contributed by atoms with Gasteiger partial charge in [-0.1, -0.05) is 13.0 Å². The summed E-state index contributed by atoms with van der Waals surface area (Å²) in [5.74, 6) is 1.76. The Morgan fingerprint density at radius 1 is 1.25 bits per heavy atom. The fourth-order valence-electron chi connectivity index (χ4n) is 3.19. The Kier molecular flexibility index (Phi) is 5.98. The molecule has 0 saturated carbocycles. The number of fused-ring (bicyclic) bond motifs is 3. The van der Waals surface area contributed by atoms with Gasteiger partial charge in [-0.25, -0.2) is 4.98 Å². The second-order valence-electron chi connectivity index (χ2n) is 7.27. The molecule has 2 aromatic rings. The summed E-state index contributed by atoms with van der Waals surface area (Å²) >= 11 is 0. The molecule has 0 bridgehead atoms. The van der Waals surface area contributed by atoms with Crippen LogP contribution in [0.5, 0.6) is 11.5 Å². The number of nitrogens with two attached hydrogens (primary N) is 1. The first-order valence-electron chi connectivity index (χ1n) is 9.16. The van der Waals surface area contributed by atoms with Crippen LogP contribution in [-0.4, -0.2) is 30.4 Å². The van der Waals surface area contributed by atoms with Gasteiger partial charge in [-0.2, -0.15) is 13.2 Å². The molecule has 0 radical (unpaired) electrons. The number of halogens is 3. The van der Waals surface area contributed by atoms with Crippen molar-refractivity contribution in [3.63, 3.8) is 0 Å². The van der Waals surface area contributed by atoms with Gasteiger partial charge in [0.1, 0.15) is 30.5 Å².